The van der Waals surface area contributed by atoms with Gasteiger partial charge in [-0.15, -0.1) is 11.3 Å². The molecule has 0 radical (unpaired) electrons. The fourth-order valence-corrected chi connectivity index (χ4v) is 4.38. The van der Waals surface area contributed by atoms with E-state index >= 15 is 0 Å². The number of aromatic carboxylic acids is 1. The molecule has 0 unspecified atom stereocenters. The molecule has 0 aliphatic rings. The second-order valence-corrected chi connectivity index (χ2v) is 8.28. The van der Waals surface area contributed by atoms with Crippen LogP contribution in [-0.2, 0) is 16.3 Å². The lowest BCUT2D eigenvalue weighted by atomic mass is 10.2. The van der Waals surface area contributed by atoms with Crippen LogP contribution in [0, 0.1) is 6.92 Å². The number of aromatic nitrogens is 1. The molecule has 1 aromatic heterocycles. The highest BCUT2D eigenvalue weighted by Crippen LogP contribution is 2.23. The van der Waals surface area contributed by atoms with Gasteiger partial charge in [0, 0.05) is 9.35 Å². The fourth-order valence-electron chi connectivity index (χ4n) is 1.77. The summed E-state index contributed by atoms with van der Waals surface area (Å²) >= 11 is 4.51. The van der Waals surface area contributed by atoms with E-state index in [4.69, 9.17) is 5.11 Å². The SMILES string of the molecule is Cc1ncsc1CCS(=O)(=O)c1ccc(Br)c(C(=O)O)c1. The standard InChI is InChI=1S/C13H12BrNO4S2/c1-8-12(20-7-15-8)4-5-21(18,19)9-2-3-11(14)10(6-9)13(16)17/h2-3,6-7H,4-5H2,1H3,(H,16,17). The molecule has 5 nitrogen and oxygen atoms in total. The van der Waals surface area contributed by atoms with Crippen LogP contribution in [0.3, 0.4) is 0 Å². The maximum absolute atomic E-state index is 12.3. The summed E-state index contributed by atoms with van der Waals surface area (Å²) in [6.07, 6.45) is 0.372. The van der Waals surface area contributed by atoms with Crippen molar-refractivity contribution in [3.63, 3.8) is 0 Å². The first-order valence-electron chi connectivity index (χ1n) is 5.96. The van der Waals surface area contributed by atoms with Gasteiger partial charge in [0.2, 0.25) is 0 Å². The highest BCUT2D eigenvalue weighted by atomic mass is 79.9. The van der Waals surface area contributed by atoms with Crippen LogP contribution in [-0.4, -0.2) is 30.2 Å². The number of rotatable bonds is 5. The Kier molecular flexibility index (Phi) is 4.80. The molecule has 21 heavy (non-hydrogen) atoms. The van der Waals surface area contributed by atoms with Gasteiger partial charge < -0.3 is 5.11 Å². The topological polar surface area (TPSA) is 84.3 Å². The van der Waals surface area contributed by atoms with Crippen molar-refractivity contribution in [2.75, 3.05) is 5.75 Å². The third kappa shape index (κ3) is 3.69. The third-order valence-corrected chi connectivity index (χ3v) is 6.37. The molecule has 0 spiro atoms. The first-order chi connectivity index (χ1) is 9.81. The van der Waals surface area contributed by atoms with Crippen molar-refractivity contribution in [2.24, 2.45) is 0 Å². The summed E-state index contributed by atoms with van der Waals surface area (Å²) in [5, 5.41) is 9.04. The lowest BCUT2D eigenvalue weighted by Crippen LogP contribution is -2.10. The zero-order chi connectivity index (χ0) is 15.6. The lowest BCUT2D eigenvalue weighted by Gasteiger charge is -2.06. The normalized spacial score (nSPS) is 11.5. The third-order valence-electron chi connectivity index (χ3n) is 2.97. The summed E-state index contributed by atoms with van der Waals surface area (Å²) < 4.78 is 25.0. The molecule has 1 N–H and O–H groups in total. The number of aryl methyl sites for hydroxylation is 2. The van der Waals surface area contributed by atoms with Gasteiger partial charge in [-0.3, -0.25) is 0 Å². The maximum atomic E-state index is 12.3. The molecule has 0 saturated heterocycles. The Labute approximate surface area is 134 Å². The van der Waals surface area contributed by atoms with Crippen LogP contribution in [0.2, 0.25) is 0 Å². The predicted octanol–water partition coefficient (Wildman–Crippen LogP) is 2.93. The van der Waals surface area contributed by atoms with Gasteiger partial charge in [-0.25, -0.2) is 18.2 Å². The molecule has 0 saturated carbocycles. The molecule has 112 valence electrons. The Morgan fingerprint density at radius 1 is 1.43 bits per heavy atom. The average Bonchev–Trinajstić information content (AvgIpc) is 2.82. The number of thiazole rings is 1. The molecular formula is C13H12BrNO4S2. The smallest absolute Gasteiger partial charge is 0.336 e. The zero-order valence-corrected chi connectivity index (χ0v) is 14.3. The van der Waals surface area contributed by atoms with Gasteiger partial charge in [-0.05, 0) is 47.5 Å². The van der Waals surface area contributed by atoms with Gasteiger partial charge in [0.05, 0.1) is 27.4 Å². The number of hydrogen-bond acceptors (Lipinski definition) is 5. The molecule has 1 heterocycles. The molecule has 0 atom stereocenters. The van der Waals surface area contributed by atoms with Crippen molar-refractivity contribution >= 4 is 43.1 Å². The van der Waals surface area contributed by atoms with Crippen molar-refractivity contribution in [1.29, 1.82) is 0 Å². The van der Waals surface area contributed by atoms with Crippen molar-refractivity contribution < 1.29 is 18.3 Å². The molecule has 0 aliphatic carbocycles. The molecule has 0 aliphatic heterocycles. The summed E-state index contributed by atoms with van der Waals surface area (Å²) in [7, 11) is -3.53. The molecule has 0 bridgehead atoms. The molecule has 1 aromatic carbocycles. The van der Waals surface area contributed by atoms with Crippen LogP contribution >= 0.6 is 27.3 Å². The quantitative estimate of drug-likeness (QED) is 0.849. The van der Waals surface area contributed by atoms with E-state index < -0.39 is 15.8 Å². The summed E-state index contributed by atoms with van der Waals surface area (Å²) in [5.41, 5.74) is 2.45. The van der Waals surface area contributed by atoms with E-state index in [2.05, 4.69) is 20.9 Å². The number of carbonyl (C=O) groups is 1. The molecule has 0 amide bonds. The summed E-state index contributed by atoms with van der Waals surface area (Å²) in [6.45, 7) is 1.83. The van der Waals surface area contributed by atoms with E-state index in [0.29, 0.717) is 10.9 Å². The van der Waals surface area contributed by atoms with Crippen LogP contribution in [0.1, 0.15) is 20.9 Å². The lowest BCUT2D eigenvalue weighted by molar-refractivity contribution is 0.0695. The Morgan fingerprint density at radius 2 is 2.14 bits per heavy atom. The number of carboxylic acid groups (broad SMARTS) is 1. The number of halogens is 1. The van der Waals surface area contributed by atoms with Crippen LogP contribution in [0.15, 0.2) is 33.1 Å². The highest BCUT2D eigenvalue weighted by molar-refractivity contribution is 9.10. The highest BCUT2D eigenvalue weighted by Gasteiger charge is 2.19. The minimum atomic E-state index is -3.53. The second-order valence-electron chi connectivity index (χ2n) is 4.38. The second kappa shape index (κ2) is 6.25. The number of nitrogens with zero attached hydrogens (tertiary/aromatic N) is 1. The minimum absolute atomic E-state index is 0.0188. The first-order valence-corrected chi connectivity index (χ1v) is 9.28. The van der Waals surface area contributed by atoms with Crippen LogP contribution in [0.4, 0.5) is 0 Å². The van der Waals surface area contributed by atoms with Crippen molar-refractivity contribution in [3.05, 3.63) is 44.3 Å². The summed E-state index contributed by atoms with van der Waals surface area (Å²) in [5.74, 6) is -1.24. The number of sulfone groups is 1. The maximum Gasteiger partial charge on any atom is 0.336 e. The zero-order valence-electron chi connectivity index (χ0n) is 11.0. The summed E-state index contributed by atoms with van der Waals surface area (Å²) in [6, 6.07) is 4.03. The number of hydrogen-bond donors (Lipinski definition) is 1. The van der Waals surface area contributed by atoms with Crippen LogP contribution in [0.25, 0.3) is 0 Å². The monoisotopic (exact) mass is 389 g/mol. The molecule has 2 rings (SSSR count). The van der Waals surface area contributed by atoms with E-state index in [0.717, 1.165) is 10.6 Å². The predicted molar refractivity (Wildman–Crippen MR) is 83.7 cm³/mol. The summed E-state index contributed by atoms with van der Waals surface area (Å²) in [4.78, 5) is 16.1. The van der Waals surface area contributed by atoms with Crippen LogP contribution in [0.5, 0.6) is 0 Å². The average molecular weight is 390 g/mol. The Morgan fingerprint density at radius 3 is 2.71 bits per heavy atom. The van der Waals surface area contributed by atoms with Crippen LogP contribution < -0.4 is 0 Å². The molecule has 2 aromatic rings. The molecular weight excluding hydrogens is 378 g/mol. The van der Waals surface area contributed by atoms with Gasteiger partial charge in [0.25, 0.3) is 0 Å². The van der Waals surface area contributed by atoms with E-state index in [-0.39, 0.29) is 16.2 Å². The van der Waals surface area contributed by atoms with E-state index in [1.165, 1.54) is 29.5 Å². The molecule has 0 fully saturated rings. The van der Waals surface area contributed by atoms with Gasteiger partial charge in [0.15, 0.2) is 9.84 Å². The Balaban J connectivity index is 2.26. The first kappa shape index (κ1) is 16.1. The fraction of sp³-hybridized carbons (Fsp3) is 0.231. The van der Waals surface area contributed by atoms with Gasteiger partial charge in [-0.2, -0.15) is 0 Å². The van der Waals surface area contributed by atoms with Crippen molar-refractivity contribution in [1.82, 2.24) is 4.98 Å². The van der Waals surface area contributed by atoms with Crippen molar-refractivity contribution in [3.8, 4) is 0 Å². The van der Waals surface area contributed by atoms with Gasteiger partial charge in [0.1, 0.15) is 0 Å². The van der Waals surface area contributed by atoms with Gasteiger partial charge >= 0.3 is 5.97 Å². The Hall–Kier alpha value is -1.25. The number of carboxylic acids is 1. The Bertz CT molecular complexity index is 783. The minimum Gasteiger partial charge on any atom is -0.478 e. The van der Waals surface area contributed by atoms with Gasteiger partial charge in [-0.1, -0.05) is 0 Å². The van der Waals surface area contributed by atoms with E-state index in [9.17, 15) is 13.2 Å². The van der Waals surface area contributed by atoms with E-state index in [1.807, 2.05) is 6.92 Å². The largest absolute Gasteiger partial charge is 0.478 e. The van der Waals surface area contributed by atoms with Crippen molar-refractivity contribution in [2.45, 2.75) is 18.2 Å². The number of benzene rings is 1. The molecule has 8 heteroatoms. The van der Waals surface area contributed by atoms with E-state index in [1.54, 1.807) is 5.51 Å².